The molecular weight excluding hydrogens is 348 g/mol. The summed E-state index contributed by atoms with van der Waals surface area (Å²) < 4.78 is 5.90. The van der Waals surface area contributed by atoms with Crippen LogP contribution in [-0.2, 0) is 13.1 Å². The highest BCUT2D eigenvalue weighted by molar-refractivity contribution is 6.31. The fourth-order valence-corrected chi connectivity index (χ4v) is 2.55. The number of hydrogen-bond acceptors (Lipinski definition) is 3. The Labute approximate surface area is 161 Å². The van der Waals surface area contributed by atoms with Gasteiger partial charge in [0.1, 0.15) is 12.4 Å². The van der Waals surface area contributed by atoms with Gasteiger partial charge < -0.3 is 20.3 Å². The van der Waals surface area contributed by atoms with Crippen LogP contribution < -0.4 is 15.4 Å². The molecule has 0 atom stereocenters. The Morgan fingerprint density at radius 1 is 1.00 bits per heavy atom. The third kappa shape index (κ3) is 6.58. The maximum Gasteiger partial charge on any atom is 0.191 e. The van der Waals surface area contributed by atoms with Gasteiger partial charge in [0.2, 0.25) is 0 Å². The Kier molecular flexibility index (Phi) is 8.25. The second kappa shape index (κ2) is 10.7. The zero-order valence-electron chi connectivity index (χ0n) is 15.6. The molecule has 2 aromatic carbocycles. The van der Waals surface area contributed by atoms with Gasteiger partial charge in [-0.1, -0.05) is 48.0 Å². The van der Waals surface area contributed by atoms with Crippen molar-refractivity contribution in [2.45, 2.75) is 13.1 Å². The number of nitrogens with one attached hydrogen (secondary N) is 2. The zero-order chi connectivity index (χ0) is 18.8. The molecule has 2 N–H and O–H groups in total. The van der Waals surface area contributed by atoms with Crippen molar-refractivity contribution in [1.82, 2.24) is 15.5 Å². The maximum atomic E-state index is 6.20. The molecule has 0 aliphatic rings. The molecule has 0 aromatic heterocycles. The van der Waals surface area contributed by atoms with E-state index in [9.17, 15) is 0 Å². The average Bonchev–Trinajstić information content (AvgIpc) is 2.64. The topological polar surface area (TPSA) is 48.9 Å². The summed E-state index contributed by atoms with van der Waals surface area (Å²) in [6.45, 7) is 2.77. The number of nitrogens with zero attached hydrogens (tertiary/aromatic N) is 2. The maximum absolute atomic E-state index is 6.20. The summed E-state index contributed by atoms with van der Waals surface area (Å²) in [6.07, 6.45) is 0. The van der Waals surface area contributed by atoms with Crippen LogP contribution in [0.4, 0.5) is 0 Å². The van der Waals surface area contributed by atoms with E-state index in [0.717, 1.165) is 28.4 Å². The van der Waals surface area contributed by atoms with Crippen molar-refractivity contribution in [3.05, 3.63) is 64.7 Å². The van der Waals surface area contributed by atoms with Crippen LogP contribution in [0.15, 0.2) is 53.5 Å². The minimum absolute atomic E-state index is 0.611. The van der Waals surface area contributed by atoms with Gasteiger partial charge in [0, 0.05) is 37.3 Å². The van der Waals surface area contributed by atoms with Gasteiger partial charge in [-0.05, 0) is 31.8 Å². The second-order valence-electron chi connectivity index (χ2n) is 6.13. The molecular formula is C20H27ClN4O. The summed E-state index contributed by atoms with van der Waals surface area (Å²) in [5.41, 5.74) is 2.12. The van der Waals surface area contributed by atoms with Gasteiger partial charge in [0.25, 0.3) is 0 Å². The summed E-state index contributed by atoms with van der Waals surface area (Å²) in [5, 5.41) is 7.35. The highest BCUT2D eigenvalue weighted by Crippen LogP contribution is 2.18. The third-order valence-corrected chi connectivity index (χ3v) is 4.21. The monoisotopic (exact) mass is 374 g/mol. The highest BCUT2D eigenvalue weighted by Gasteiger charge is 2.06. The van der Waals surface area contributed by atoms with Gasteiger partial charge in [-0.3, -0.25) is 4.99 Å². The predicted molar refractivity (Wildman–Crippen MR) is 109 cm³/mol. The zero-order valence-corrected chi connectivity index (χ0v) is 16.4. The van der Waals surface area contributed by atoms with Gasteiger partial charge >= 0.3 is 0 Å². The first-order chi connectivity index (χ1) is 12.6. The number of rotatable bonds is 8. The minimum Gasteiger partial charge on any atom is -0.492 e. The minimum atomic E-state index is 0.611. The lowest BCUT2D eigenvalue weighted by atomic mass is 10.2. The number of para-hydroxylation sites is 1. The van der Waals surface area contributed by atoms with Crippen LogP contribution in [0.25, 0.3) is 0 Å². The molecule has 2 rings (SSSR count). The lowest BCUT2D eigenvalue weighted by Crippen LogP contribution is -2.36. The molecule has 0 radical (unpaired) electrons. The first kappa shape index (κ1) is 20.1. The number of benzene rings is 2. The van der Waals surface area contributed by atoms with E-state index < -0.39 is 0 Å². The van der Waals surface area contributed by atoms with Crippen molar-refractivity contribution in [3.63, 3.8) is 0 Å². The first-order valence-electron chi connectivity index (χ1n) is 8.63. The largest absolute Gasteiger partial charge is 0.492 e. The fourth-order valence-electron chi connectivity index (χ4n) is 2.35. The van der Waals surface area contributed by atoms with Crippen molar-refractivity contribution in [3.8, 4) is 5.75 Å². The van der Waals surface area contributed by atoms with Gasteiger partial charge in [-0.2, -0.15) is 0 Å². The lowest BCUT2D eigenvalue weighted by Gasteiger charge is -2.16. The van der Waals surface area contributed by atoms with Gasteiger partial charge in [0.15, 0.2) is 5.96 Å². The molecule has 2 aromatic rings. The Balaban J connectivity index is 1.89. The predicted octanol–water partition coefficient (Wildman–Crippen LogP) is 3.15. The Morgan fingerprint density at radius 3 is 2.27 bits per heavy atom. The summed E-state index contributed by atoms with van der Waals surface area (Å²) >= 11 is 6.20. The smallest absolute Gasteiger partial charge is 0.191 e. The van der Waals surface area contributed by atoms with Crippen LogP contribution in [0.2, 0.25) is 5.02 Å². The first-order valence-corrected chi connectivity index (χ1v) is 9.01. The molecule has 0 bridgehead atoms. The van der Waals surface area contributed by atoms with E-state index in [-0.39, 0.29) is 0 Å². The summed E-state index contributed by atoms with van der Waals surface area (Å²) in [6, 6.07) is 15.8. The number of likely N-dealkylation sites (N-methyl/N-ethyl adjacent to an activating group) is 1. The molecule has 140 valence electrons. The van der Waals surface area contributed by atoms with Crippen LogP contribution in [-0.4, -0.2) is 45.2 Å². The highest BCUT2D eigenvalue weighted by atomic mass is 35.5. The molecule has 0 aliphatic carbocycles. The summed E-state index contributed by atoms with van der Waals surface area (Å²) in [7, 11) is 5.82. The van der Waals surface area contributed by atoms with Crippen LogP contribution in [0.3, 0.4) is 0 Å². The molecule has 0 saturated heterocycles. The molecule has 0 spiro atoms. The molecule has 0 saturated carbocycles. The Bertz CT molecular complexity index is 718. The van der Waals surface area contributed by atoms with E-state index in [1.165, 1.54) is 0 Å². The standard InChI is InChI=1S/C20H27ClN4O/c1-22-20(23-14-16-8-4-6-10-18(16)21)24-15-17-9-5-7-11-19(17)26-13-12-25(2)3/h4-11H,12-15H2,1-3H3,(H2,22,23,24). The quantitative estimate of drug-likeness (QED) is 0.550. The molecule has 0 aliphatic heterocycles. The molecule has 5 nitrogen and oxygen atoms in total. The van der Waals surface area contributed by atoms with Crippen LogP contribution in [0.5, 0.6) is 5.75 Å². The Hall–Kier alpha value is -2.24. The summed E-state index contributed by atoms with van der Waals surface area (Å²) in [5.74, 6) is 1.61. The fraction of sp³-hybridized carbons (Fsp3) is 0.350. The van der Waals surface area contributed by atoms with E-state index in [1.807, 2.05) is 56.6 Å². The van der Waals surface area contributed by atoms with Crippen molar-refractivity contribution < 1.29 is 4.74 Å². The van der Waals surface area contributed by atoms with Gasteiger partial charge in [0.05, 0.1) is 0 Å². The number of guanidine groups is 1. The summed E-state index contributed by atoms with van der Waals surface area (Å²) in [4.78, 5) is 6.37. The van der Waals surface area contributed by atoms with E-state index in [2.05, 4.69) is 26.6 Å². The van der Waals surface area contributed by atoms with Crippen LogP contribution in [0.1, 0.15) is 11.1 Å². The SMILES string of the molecule is CN=C(NCc1ccccc1Cl)NCc1ccccc1OCCN(C)C. The third-order valence-electron chi connectivity index (χ3n) is 3.84. The van der Waals surface area contributed by atoms with E-state index >= 15 is 0 Å². The van der Waals surface area contributed by atoms with E-state index in [1.54, 1.807) is 7.05 Å². The Morgan fingerprint density at radius 2 is 1.62 bits per heavy atom. The normalized spacial score (nSPS) is 11.5. The number of aliphatic imine (C=N–C) groups is 1. The van der Waals surface area contributed by atoms with Crippen LogP contribution in [0, 0.1) is 0 Å². The van der Waals surface area contributed by atoms with Crippen molar-refractivity contribution in [1.29, 1.82) is 0 Å². The number of ether oxygens (including phenoxy) is 1. The lowest BCUT2D eigenvalue weighted by molar-refractivity contribution is 0.259. The molecule has 0 heterocycles. The number of halogens is 1. The second-order valence-corrected chi connectivity index (χ2v) is 6.54. The van der Waals surface area contributed by atoms with Crippen molar-refractivity contribution >= 4 is 17.6 Å². The van der Waals surface area contributed by atoms with Crippen molar-refractivity contribution in [2.24, 2.45) is 4.99 Å². The van der Waals surface area contributed by atoms with Gasteiger partial charge in [-0.15, -0.1) is 0 Å². The molecule has 0 fully saturated rings. The molecule has 0 unspecified atom stereocenters. The van der Waals surface area contributed by atoms with E-state index in [0.29, 0.717) is 25.7 Å². The number of hydrogen-bond donors (Lipinski definition) is 2. The average molecular weight is 375 g/mol. The molecule has 0 amide bonds. The van der Waals surface area contributed by atoms with Crippen LogP contribution >= 0.6 is 11.6 Å². The van der Waals surface area contributed by atoms with Gasteiger partial charge in [-0.25, -0.2) is 0 Å². The molecule has 26 heavy (non-hydrogen) atoms. The van der Waals surface area contributed by atoms with Crippen molar-refractivity contribution in [2.75, 3.05) is 34.3 Å². The molecule has 6 heteroatoms. The van der Waals surface area contributed by atoms with E-state index in [4.69, 9.17) is 16.3 Å².